The minimum Gasteiger partial charge on any atom is -0.373 e. The number of hydrogen-bond donors (Lipinski definition) is 2. The second-order valence-corrected chi connectivity index (χ2v) is 6.50. The quantitative estimate of drug-likeness (QED) is 0.819. The van der Waals surface area contributed by atoms with Crippen LogP contribution >= 0.6 is 0 Å². The number of anilines is 1. The summed E-state index contributed by atoms with van der Waals surface area (Å²) < 4.78 is 13.2. The number of piperidine rings is 1. The Kier molecular flexibility index (Phi) is 5.46. The van der Waals surface area contributed by atoms with Gasteiger partial charge < -0.3 is 15.5 Å². The Morgan fingerprint density at radius 3 is 2.69 bits per heavy atom. The maximum Gasteiger partial charge on any atom is 0.168 e. The third-order valence-corrected chi connectivity index (χ3v) is 4.74. The Bertz CT molecular complexity index is 815. The fraction of sp³-hybridized carbons (Fsp3) is 0.421. The highest BCUT2D eigenvalue weighted by molar-refractivity contribution is 5.83. The lowest BCUT2D eigenvalue weighted by Crippen LogP contribution is -2.42. The first-order chi connectivity index (χ1) is 12.6. The van der Waals surface area contributed by atoms with Gasteiger partial charge in [-0.15, -0.1) is 0 Å². The van der Waals surface area contributed by atoms with Crippen molar-refractivity contribution < 1.29 is 9.18 Å². The molecular weight excluding hydrogens is 333 g/mol. The van der Waals surface area contributed by atoms with Crippen molar-refractivity contribution in [2.45, 2.75) is 25.4 Å². The van der Waals surface area contributed by atoms with Crippen LogP contribution in [0, 0.1) is 0 Å². The molecule has 7 heteroatoms. The Labute approximate surface area is 152 Å². The van der Waals surface area contributed by atoms with E-state index in [2.05, 4.69) is 25.5 Å². The van der Waals surface area contributed by atoms with Crippen molar-refractivity contribution in [2.75, 3.05) is 32.0 Å². The van der Waals surface area contributed by atoms with Gasteiger partial charge in [0.2, 0.25) is 0 Å². The van der Waals surface area contributed by atoms with Gasteiger partial charge in [-0.1, -0.05) is 6.92 Å². The van der Waals surface area contributed by atoms with Gasteiger partial charge in [0.15, 0.2) is 12.0 Å². The van der Waals surface area contributed by atoms with Crippen LogP contribution in [0.1, 0.15) is 25.5 Å². The molecule has 4 rings (SSSR count). The van der Waals surface area contributed by atoms with Crippen LogP contribution in [0.2, 0.25) is 0 Å². The number of likely N-dealkylation sites (tertiary alicyclic amines) is 1. The van der Waals surface area contributed by atoms with Crippen LogP contribution in [-0.4, -0.2) is 53.5 Å². The molecule has 0 unspecified atom stereocenters. The largest absolute Gasteiger partial charge is 0.373 e. The van der Waals surface area contributed by atoms with Crippen LogP contribution < -0.4 is 10.6 Å². The molecule has 0 aliphatic carbocycles. The number of hydrogen-bond acceptors (Lipinski definition) is 6. The monoisotopic (exact) mass is 357 g/mol. The summed E-state index contributed by atoms with van der Waals surface area (Å²) in [6, 6.07) is 5.97. The molecule has 1 saturated heterocycles. The number of nitrogens with one attached hydrogen (secondary N) is 2. The van der Waals surface area contributed by atoms with E-state index in [1.54, 1.807) is 0 Å². The van der Waals surface area contributed by atoms with Gasteiger partial charge in [-0.2, -0.15) is 0 Å². The number of halogens is 1. The smallest absolute Gasteiger partial charge is 0.168 e. The minimum atomic E-state index is -1.52. The molecule has 0 atom stereocenters. The number of fused-ring (bicyclic) bond motifs is 1. The number of carbonyl (C=O) groups is 1. The molecule has 2 aromatic rings. The van der Waals surface area contributed by atoms with Gasteiger partial charge in [0.1, 0.15) is 5.82 Å². The second-order valence-electron chi connectivity index (χ2n) is 6.50. The maximum atomic E-state index is 13.2. The molecule has 2 aromatic heterocycles. The fourth-order valence-electron chi connectivity index (χ4n) is 2.85. The number of aldehydes is 1. The van der Waals surface area contributed by atoms with Crippen LogP contribution in [0.3, 0.4) is 0 Å². The maximum absolute atomic E-state index is 13.2. The van der Waals surface area contributed by atoms with E-state index in [-0.39, 0.29) is 0 Å². The molecular formula is C19H24FN5O. The summed E-state index contributed by atoms with van der Waals surface area (Å²) in [6.45, 7) is 4.43. The van der Waals surface area contributed by atoms with Gasteiger partial charge >= 0.3 is 0 Å². The summed E-state index contributed by atoms with van der Waals surface area (Å²) >= 11 is 0. The number of carbonyl (C=O) groups excluding carboxylic acids is 1. The minimum absolute atomic E-state index is 0.365. The molecule has 2 aliphatic rings. The average Bonchev–Trinajstić information content (AvgIpc) is 3.53. The molecule has 138 valence electrons. The Balaban J connectivity index is 0.000000160. The standard InChI is InChI=1S/C11H10N4.C8H14FNO/c1-12-11-4-9-7(5-14-11)2-3-8(15-9)10-6-13-10;1-2-10-5-3-8(9,7-11)4-6-10/h2-6,13H,1H3,(H,12,14);7H,2-6H2,1H3. The molecule has 0 bridgehead atoms. The molecule has 6 nitrogen and oxygen atoms in total. The third kappa shape index (κ3) is 4.35. The second kappa shape index (κ2) is 7.78. The van der Waals surface area contributed by atoms with Crippen molar-refractivity contribution in [1.82, 2.24) is 20.2 Å². The predicted molar refractivity (Wildman–Crippen MR) is 101 cm³/mol. The highest BCUT2D eigenvalue weighted by atomic mass is 19.1. The highest BCUT2D eigenvalue weighted by Crippen LogP contribution is 2.23. The molecule has 2 aliphatic heterocycles. The third-order valence-electron chi connectivity index (χ3n) is 4.74. The summed E-state index contributed by atoms with van der Waals surface area (Å²) in [7, 11) is 1.85. The fourth-order valence-corrected chi connectivity index (χ4v) is 2.85. The van der Waals surface area contributed by atoms with Gasteiger partial charge in [-0.25, -0.2) is 14.4 Å². The first-order valence-corrected chi connectivity index (χ1v) is 8.86. The van der Waals surface area contributed by atoms with E-state index in [1.165, 1.54) is 0 Å². The zero-order valence-electron chi connectivity index (χ0n) is 15.1. The summed E-state index contributed by atoms with van der Waals surface area (Å²) in [5.74, 6) is 0.838. The van der Waals surface area contributed by atoms with E-state index in [0.717, 1.165) is 34.7 Å². The van der Waals surface area contributed by atoms with Crippen LogP contribution in [0.15, 0.2) is 30.6 Å². The molecule has 0 aromatic carbocycles. The van der Waals surface area contributed by atoms with Crippen molar-refractivity contribution in [3.63, 3.8) is 0 Å². The molecule has 26 heavy (non-hydrogen) atoms. The van der Waals surface area contributed by atoms with E-state index in [0.29, 0.717) is 32.2 Å². The molecule has 2 N–H and O–H groups in total. The van der Waals surface area contributed by atoms with Crippen molar-refractivity contribution >= 4 is 28.7 Å². The molecule has 0 amide bonds. The Morgan fingerprint density at radius 1 is 1.38 bits per heavy atom. The first kappa shape index (κ1) is 18.3. The number of pyridine rings is 2. The van der Waals surface area contributed by atoms with Crippen molar-refractivity contribution in [1.29, 1.82) is 0 Å². The molecule has 4 heterocycles. The average molecular weight is 357 g/mol. The molecule has 0 radical (unpaired) electrons. The van der Waals surface area contributed by atoms with E-state index in [1.807, 2.05) is 44.6 Å². The van der Waals surface area contributed by atoms with Crippen molar-refractivity contribution in [2.24, 2.45) is 0 Å². The normalized spacial score (nSPS) is 18.2. The number of alkyl halides is 1. The Hall–Kier alpha value is -2.54. The molecule has 1 fully saturated rings. The summed E-state index contributed by atoms with van der Waals surface area (Å²) in [5.41, 5.74) is 1.52. The van der Waals surface area contributed by atoms with E-state index in [4.69, 9.17) is 0 Å². The lowest BCUT2D eigenvalue weighted by atomic mass is 9.95. The Morgan fingerprint density at radius 2 is 2.12 bits per heavy atom. The van der Waals surface area contributed by atoms with Crippen molar-refractivity contribution in [3.05, 3.63) is 36.3 Å². The van der Waals surface area contributed by atoms with Gasteiger partial charge in [0, 0.05) is 56.8 Å². The number of aromatic nitrogens is 2. The van der Waals surface area contributed by atoms with Crippen LogP contribution in [0.5, 0.6) is 0 Å². The summed E-state index contributed by atoms with van der Waals surface area (Å²) in [4.78, 5) is 21.2. The van der Waals surface area contributed by atoms with Gasteiger partial charge in [0.25, 0.3) is 0 Å². The number of rotatable bonds is 4. The SMILES string of the molecule is CCN1CCC(F)(C=O)CC1.CNc1cc2nc(C3=CN3)ccc2cn1. The molecule has 0 spiro atoms. The predicted octanol–water partition coefficient (Wildman–Crippen LogP) is 2.58. The highest BCUT2D eigenvalue weighted by Gasteiger charge is 2.33. The zero-order chi connectivity index (χ0) is 18.6. The first-order valence-electron chi connectivity index (χ1n) is 8.86. The lowest BCUT2D eigenvalue weighted by molar-refractivity contribution is -0.120. The van der Waals surface area contributed by atoms with Crippen LogP contribution in [0.4, 0.5) is 10.2 Å². The van der Waals surface area contributed by atoms with Crippen LogP contribution in [-0.2, 0) is 4.79 Å². The van der Waals surface area contributed by atoms with Gasteiger partial charge in [-0.05, 0) is 18.7 Å². The van der Waals surface area contributed by atoms with Crippen LogP contribution in [0.25, 0.3) is 16.6 Å². The summed E-state index contributed by atoms with van der Waals surface area (Å²) in [6.07, 6.45) is 4.95. The zero-order valence-corrected chi connectivity index (χ0v) is 15.1. The lowest BCUT2D eigenvalue weighted by Gasteiger charge is -2.32. The van der Waals surface area contributed by atoms with E-state index < -0.39 is 5.67 Å². The van der Waals surface area contributed by atoms with Gasteiger partial charge in [-0.3, -0.25) is 4.79 Å². The van der Waals surface area contributed by atoms with Crippen molar-refractivity contribution in [3.8, 4) is 0 Å². The number of nitrogens with zero attached hydrogens (tertiary/aromatic N) is 3. The topological polar surface area (TPSA) is 80.1 Å². The van der Waals surface area contributed by atoms with Gasteiger partial charge in [0.05, 0.1) is 16.9 Å². The van der Waals surface area contributed by atoms with E-state index in [9.17, 15) is 9.18 Å². The van der Waals surface area contributed by atoms with E-state index >= 15 is 0 Å². The summed E-state index contributed by atoms with van der Waals surface area (Å²) in [5, 5.41) is 7.10. The molecule has 0 saturated carbocycles.